The first-order valence-corrected chi connectivity index (χ1v) is 17.5. The van der Waals surface area contributed by atoms with Crippen molar-refractivity contribution in [3.8, 4) is 0 Å². The van der Waals surface area contributed by atoms with Crippen molar-refractivity contribution in [3.63, 3.8) is 0 Å². The first-order valence-electron chi connectivity index (χ1n) is 16.8. The first-order chi connectivity index (χ1) is 24.1. The highest BCUT2D eigenvalue weighted by Crippen LogP contribution is 2.52. The van der Waals surface area contributed by atoms with Gasteiger partial charge in [0.25, 0.3) is 6.47 Å². The number of rotatable bonds is 7. The molecule has 4 aromatic rings. The molecule has 4 atom stereocenters. The highest BCUT2D eigenvalue weighted by atomic mass is 32.2. The Bertz CT molecular complexity index is 1910. The highest BCUT2D eigenvalue weighted by molar-refractivity contribution is 8.00. The number of aromatic nitrogens is 2. The summed E-state index contributed by atoms with van der Waals surface area (Å²) >= 11 is 1.59. The molecular formula is C37H40F5N5O3S. The molecule has 4 aliphatic rings. The molecule has 2 aliphatic carbocycles. The molecule has 2 saturated carbocycles. The van der Waals surface area contributed by atoms with Crippen LogP contribution in [0.2, 0.25) is 0 Å². The minimum absolute atomic E-state index is 0.0351. The fraction of sp³-hybridized carbons (Fsp3) is 0.432. The van der Waals surface area contributed by atoms with Crippen LogP contribution in [0.15, 0.2) is 65.6 Å². The largest absolute Gasteiger partial charge is 0.483 e. The molecule has 4 fully saturated rings. The number of hydrogen-bond donors (Lipinski definition) is 2. The van der Waals surface area contributed by atoms with Gasteiger partial charge in [0.15, 0.2) is 0 Å². The van der Waals surface area contributed by atoms with Gasteiger partial charge in [-0.1, -0.05) is 19.1 Å². The van der Waals surface area contributed by atoms with Crippen LogP contribution in [0.4, 0.5) is 33.3 Å². The average Bonchev–Trinajstić information content (AvgIpc) is 3.69. The SMILES string of the molecule is Cc1nc2cc(SN(C)c3ccc(C4CC(N5CC6(F)CC5C6)CC(C(=O)Nc5ccc(C(F)(F)F)cc5F)[C@@H]4C)cc3)ccc2n1C.O=CO. The van der Waals surface area contributed by atoms with Gasteiger partial charge in [-0.25, -0.2) is 13.8 Å². The summed E-state index contributed by atoms with van der Waals surface area (Å²) in [6, 6.07) is 16.7. The van der Waals surface area contributed by atoms with Gasteiger partial charge in [-0.15, -0.1) is 0 Å². The van der Waals surface area contributed by atoms with Crippen LogP contribution in [0.5, 0.6) is 0 Å². The molecule has 2 saturated heterocycles. The number of benzene rings is 3. The van der Waals surface area contributed by atoms with Crippen molar-refractivity contribution < 1.29 is 36.6 Å². The number of alkyl halides is 4. The summed E-state index contributed by atoms with van der Waals surface area (Å²) in [5.41, 5.74) is 1.49. The third-order valence-corrected chi connectivity index (χ3v) is 11.8. The number of fused-ring (bicyclic) bond motifs is 2. The van der Waals surface area contributed by atoms with Gasteiger partial charge in [0.05, 0.1) is 22.3 Å². The smallest absolute Gasteiger partial charge is 0.416 e. The van der Waals surface area contributed by atoms with Crippen LogP contribution < -0.4 is 9.62 Å². The van der Waals surface area contributed by atoms with Gasteiger partial charge in [-0.05, 0) is 110 Å². The van der Waals surface area contributed by atoms with Crippen LogP contribution in [0.3, 0.4) is 0 Å². The molecule has 3 aromatic carbocycles. The number of carbonyl (C=O) groups is 2. The van der Waals surface area contributed by atoms with E-state index in [0.29, 0.717) is 31.9 Å². The Kier molecular flexibility index (Phi) is 10.1. The van der Waals surface area contributed by atoms with Gasteiger partial charge in [0.2, 0.25) is 5.91 Å². The molecule has 8 nitrogen and oxygen atoms in total. The summed E-state index contributed by atoms with van der Waals surface area (Å²) in [6.45, 7) is 4.07. The standard InChI is InChI=1S/C36H38F5N5OS.CH2O2/c1-20-28(22-5-8-24(9-6-22)45(4)48-27-10-12-33-32(16-27)42-21(2)44(33)3)14-25(46-19-35(38)17-26(46)18-35)15-29(20)34(47)43-31-11-7-23(13-30(31)37)36(39,40)41;2-1-3/h5-13,16,20,25-26,28-29H,14-15,17-19H2,1-4H3,(H,43,47);1H,(H,2,3)/t20-,25?,26?,28?,29?,35?;/m1./s1. The van der Waals surface area contributed by atoms with E-state index >= 15 is 4.39 Å². The lowest BCUT2D eigenvalue weighted by molar-refractivity contribution is -0.137. The van der Waals surface area contributed by atoms with Crippen molar-refractivity contribution >= 4 is 46.7 Å². The molecular weight excluding hydrogens is 689 g/mol. The van der Waals surface area contributed by atoms with Gasteiger partial charge in [0, 0.05) is 49.2 Å². The zero-order valence-electron chi connectivity index (χ0n) is 28.6. The summed E-state index contributed by atoms with van der Waals surface area (Å²) in [7, 11) is 4.00. The summed E-state index contributed by atoms with van der Waals surface area (Å²) in [5, 5.41) is 9.46. The van der Waals surface area contributed by atoms with Crippen LogP contribution in [-0.4, -0.2) is 63.3 Å². The Morgan fingerprint density at radius 2 is 1.76 bits per heavy atom. The highest BCUT2D eigenvalue weighted by Gasteiger charge is 2.58. The van der Waals surface area contributed by atoms with Gasteiger partial charge in [-0.2, -0.15) is 13.2 Å². The van der Waals surface area contributed by atoms with Crippen molar-refractivity contribution in [2.45, 2.75) is 74.3 Å². The number of nitrogens with one attached hydrogen (secondary N) is 1. The molecule has 2 bridgehead atoms. The van der Waals surface area contributed by atoms with Crippen molar-refractivity contribution in [3.05, 3.63) is 83.4 Å². The fourth-order valence-corrected chi connectivity index (χ4v) is 8.83. The number of aryl methyl sites for hydroxylation is 2. The lowest BCUT2D eigenvalue weighted by atomic mass is 9.67. The normalized spacial score (nSPS) is 25.9. The zero-order chi connectivity index (χ0) is 36.8. The predicted molar refractivity (Wildman–Crippen MR) is 187 cm³/mol. The molecule has 1 aromatic heterocycles. The van der Waals surface area contributed by atoms with Crippen LogP contribution in [-0.2, 0) is 22.8 Å². The third-order valence-electron chi connectivity index (χ3n) is 10.8. The van der Waals surface area contributed by atoms with E-state index in [1.807, 2.05) is 27.9 Å². The molecule has 8 rings (SSSR count). The Labute approximate surface area is 297 Å². The molecule has 51 heavy (non-hydrogen) atoms. The fourth-order valence-electron chi connectivity index (χ4n) is 8.00. The molecule has 2 N–H and O–H groups in total. The number of nitrogens with zero attached hydrogens (tertiary/aromatic N) is 4. The Balaban J connectivity index is 0.00000144. The Hall–Kier alpha value is -4.17. The molecule has 0 spiro atoms. The average molecular weight is 730 g/mol. The first kappa shape index (κ1) is 36.6. The number of carbonyl (C=O) groups excluding carboxylic acids is 1. The molecule has 14 heteroatoms. The Morgan fingerprint density at radius 1 is 1.08 bits per heavy atom. The molecule has 1 amide bonds. The summed E-state index contributed by atoms with van der Waals surface area (Å²) in [4.78, 5) is 30.0. The van der Waals surface area contributed by atoms with Crippen molar-refractivity contribution in [1.82, 2.24) is 14.5 Å². The number of anilines is 2. The van der Waals surface area contributed by atoms with Crippen LogP contribution in [0, 0.1) is 24.6 Å². The summed E-state index contributed by atoms with van der Waals surface area (Å²) in [5.74, 6) is -1.36. The monoisotopic (exact) mass is 729 g/mol. The number of halogens is 5. The maximum Gasteiger partial charge on any atom is 0.416 e. The minimum Gasteiger partial charge on any atom is -0.483 e. The summed E-state index contributed by atoms with van der Waals surface area (Å²) < 4.78 is 73.2. The van der Waals surface area contributed by atoms with E-state index in [-0.39, 0.29) is 36.1 Å². The van der Waals surface area contributed by atoms with E-state index < -0.39 is 35.1 Å². The summed E-state index contributed by atoms with van der Waals surface area (Å²) in [6.07, 6.45) is -2.47. The number of amides is 1. The molecule has 3 heterocycles. The molecule has 3 unspecified atom stereocenters. The van der Waals surface area contributed by atoms with E-state index in [1.54, 1.807) is 11.9 Å². The van der Waals surface area contributed by atoms with Crippen molar-refractivity contribution in [2.75, 3.05) is 23.2 Å². The van der Waals surface area contributed by atoms with E-state index in [1.165, 1.54) is 0 Å². The Morgan fingerprint density at radius 3 is 2.37 bits per heavy atom. The minimum atomic E-state index is -4.69. The van der Waals surface area contributed by atoms with E-state index in [2.05, 4.69) is 66.5 Å². The van der Waals surface area contributed by atoms with E-state index in [4.69, 9.17) is 9.90 Å². The molecule has 2 aliphatic heterocycles. The second kappa shape index (κ2) is 14.1. The van der Waals surface area contributed by atoms with Gasteiger partial charge in [-0.3, -0.25) is 14.5 Å². The second-order valence-corrected chi connectivity index (χ2v) is 15.1. The van der Waals surface area contributed by atoms with Crippen molar-refractivity contribution in [1.29, 1.82) is 0 Å². The second-order valence-electron chi connectivity index (χ2n) is 13.9. The lowest BCUT2D eigenvalue weighted by Crippen LogP contribution is -2.47. The molecule has 272 valence electrons. The topological polar surface area (TPSA) is 90.7 Å². The number of imidazole rings is 1. The quantitative estimate of drug-likeness (QED) is 0.113. The third kappa shape index (κ3) is 7.43. The van der Waals surface area contributed by atoms with Gasteiger partial charge in [0.1, 0.15) is 17.3 Å². The van der Waals surface area contributed by atoms with Crippen LogP contribution in [0.1, 0.15) is 55.5 Å². The molecule has 0 radical (unpaired) electrons. The number of hydrogen-bond acceptors (Lipinski definition) is 6. The van der Waals surface area contributed by atoms with Crippen LogP contribution >= 0.6 is 11.9 Å². The lowest BCUT2D eigenvalue weighted by Gasteiger charge is -2.44. The van der Waals surface area contributed by atoms with Gasteiger partial charge >= 0.3 is 6.18 Å². The van der Waals surface area contributed by atoms with E-state index in [0.717, 1.165) is 51.6 Å². The van der Waals surface area contributed by atoms with E-state index in [9.17, 15) is 22.4 Å². The van der Waals surface area contributed by atoms with Gasteiger partial charge < -0.3 is 19.3 Å². The maximum atomic E-state index is 15.0. The van der Waals surface area contributed by atoms with Crippen LogP contribution in [0.25, 0.3) is 11.0 Å². The van der Waals surface area contributed by atoms with Crippen molar-refractivity contribution in [2.24, 2.45) is 18.9 Å². The predicted octanol–water partition coefficient (Wildman–Crippen LogP) is 8.21. The maximum absolute atomic E-state index is 15.0. The number of carboxylic acid groups (broad SMARTS) is 1. The zero-order valence-corrected chi connectivity index (χ0v) is 29.4.